The van der Waals surface area contributed by atoms with Crippen LogP contribution in [-0.4, -0.2) is 36.4 Å². The first kappa shape index (κ1) is 14.5. The molecule has 1 aliphatic carbocycles. The summed E-state index contributed by atoms with van der Waals surface area (Å²) in [5.41, 5.74) is -0.378. The van der Waals surface area contributed by atoms with Crippen LogP contribution in [-0.2, 0) is 9.53 Å². The molecule has 1 amide bonds. The third kappa shape index (κ3) is 5.04. The summed E-state index contributed by atoms with van der Waals surface area (Å²) >= 11 is 0. The average molecular weight is 243 g/mol. The highest BCUT2D eigenvalue weighted by Crippen LogP contribution is 2.36. The zero-order valence-corrected chi connectivity index (χ0v) is 11.2. The Hall–Kier alpha value is -0.610. The van der Waals surface area contributed by atoms with Crippen molar-refractivity contribution in [2.24, 2.45) is 5.41 Å². The van der Waals surface area contributed by atoms with Gasteiger partial charge < -0.3 is 15.2 Å². The summed E-state index contributed by atoms with van der Waals surface area (Å²) in [7, 11) is 0. The molecule has 100 valence electrons. The minimum absolute atomic E-state index is 0.0859. The molecule has 0 bridgehead atoms. The van der Waals surface area contributed by atoms with Gasteiger partial charge in [-0.1, -0.05) is 12.8 Å². The van der Waals surface area contributed by atoms with E-state index in [1.807, 2.05) is 20.8 Å². The molecule has 1 aliphatic rings. The second-order valence-corrected chi connectivity index (χ2v) is 6.04. The summed E-state index contributed by atoms with van der Waals surface area (Å²) in [5.74, 6) is -0.0975. The number of aliphatic hydroxyl groups excluding tert-OH is 1. The molecule has 0 aromatic carbocycles. The van der Waals surface area contributed by atoms with E-state index in [0.717, 1.165) is 25.7 Å². The first-order valence-corrected chi connectivity index (χ1v) is 6.38. The molecule has 1 saturated carbocycles. The molecule has 4 heteroatoms. The van der Waals surface area contributed by atoms with Crippen LogP contribution in [0.5, 0.6) is 0 Å². The molecular weight excluding hydrogens is 218 g/mol. The Morgan fingerprint density at radius 2 is 1.94 bits per heavy atom. The van der Waals surface area contributed by atoms with Crippen LogP contribution in [0.25, 0.3) is 0 Å². The van der Waals surface area contributed by atoms with Gasteiger partial charge in [-0.2, -0.15) is 0 Å². The fourth-order valence-corrected chi connectivity index (χ4v) is 2.13. The molecule has 0 heterocycles. The van der Waals surface area contributed by atoms with Gasteiger partial charge in [-0.3, -0.25) is 4.79 Å². The molecule has 0 aromatic heterocycles. The summed E-state index contributed by atoms with van der Waals surface area (Å²) in [4.78, 5) is 11.6. The Morgan fingerprint density at radius 1 is 1.35 bits per heavy atom. The van der Waals surface area contributed by atoms with Gasteiger partial charge in [0.15, 0.2) is 0 Å². The summed E-state index contributed by atoms with van der Waals surface area (Å²) < 4.78 is 5.40. The maximum atomic E-state index is 11.6. The van der Waals surface area contributed by atoms with Crippen molar-refractivity contribution in [3.8, 4) is 0 Å². The summed E-state index contributed by atoms with van der Waals surface area (Å²) in [5, 5.41) is 12.3. The molecule has 17 heavy (non-hydrogen) atoms. The predicted molar refractivity (Wildman–Crippen MR) is 66.7 cm³/mol. The fraction of sp³-hybridized carbons (Fsp3) is 0.923. The zero-order valence-electron chi connectivity index (χ0n) is 11.2. The number of rotatable bonds is 5. The second kappa shape index (κ2) is 5.83. The smallest absolute Gasteiger partial charge is 0.246 e. The largest absolute Gasteiger partial charge is 0.396 e. The van der Waals surface area contributed by atoms with Crippen LogP contribution in [0.4, 0.5) is 0 Å². The zero-order chi connectivity index (χ0) is 12.9. The number of ether oxygens (including phenoxy) is 1. The average Bonchev–Trinajstić information content (AvgIpc) is 2.72. The molecule has 0 saturated heterocycles. The molecule has 1 fully saturated rings. The molecule has 0 aliphatic heterocycles. The molecule has 0 radical (unpaired) electrons. The summed E-state index contributed by atoms with van der Waals surface area (Å²) in [6, 6.07) is 0. The topological polar surface area (TPSA) is 58.6 Å². The van der Waals surface area contributed by atoms with E-state index in [1.165, 1.54) is 0 Å². The third-order valence-electron chi connectivity index (χ3n) is 3.30. The van der Waals surface area contributed by atoms with Gasteiger partial charge in [0.1, 0.15) is 6.61 Å². The fourth-order valence-electron chi connectivity index (χ4n) is 2.13. The highest BCUT2D eigenvalue weighted by atomic mass is 16.5. The van der Waals surface area contributed by atoms with Gasteiger partial charge >= 0.3 is 0 Å². The van der Waals surface area contributed by atoms with Crippen molar-refractivity contribution >= 4 is 5.91 Å². The van der Waals surface area contributed by atoms with Crippen molar-refractivity contribution in [3.05, 3.63) is 0 Å². The Bertz CT molecular complexity index is 252. The SMILES string of the molecule is CC(C)(C)OCC(=O)NCC1(CO)CCCC1. The van der Waals surface area contributed by atoms with E-state index in [-0.39, 0.29) is 30.1 Å². The number of amides is 1. The molecule has 4 nitrogen and oxygen atoms in total. The lowest BCUT2D eigenvalue weighted by molar-refractivity contribution is -0.131. The van der Waals surface area contributed by atoms with Crippen LogP contribution in [0, 0.1) is 5.41 Å². The summed E-state index contributed by atoms with van der Waals surface area (Å²) in [6.45, 7) is 6.58. The predicted octanol–water partition coefficient (Wildman–Crippen LogP) is 1.47. The highest BCUT2D eigenvalue weighted by Gasteiger charge is 2.33. The van der Waals surface area contributed by atoms with Crippen molar-refractivity contribution in [2.75, 3.05) is 19.8 Å². The van der Waals surface area contributed by atoms with Crippen molar-refractivity contribution in [1.29, 1.82) is 0 Å². The van der Waals surface area contributed by atoms with E-state index in [0.29, 0.717) is 6.54 Å². The summed E-state index contributed by atoms with van der Waals surface area (Å²) in [6.07, 6.45) is 4.30. The molecule has 2 N–H and O–H groups in total. The molecule has 0 atom stereocenters. The van der Waals surface area contributed by atoms with E-state index in [4.69, 9.17) is 4.74 Å². The lowest BCUT2D eigenvalue weighted by Gasteiger charge is -2.27. The first-order chi connectivity index (χ1) is 7.87. The Kier molecular flexibility index (Phi) is 4.95. The number of aliphatic hydroxyl groups is 1. The van der Waals surface area contributed by atoms with Crippen molar-refractivity contribution in [2.45, 2.75) is 52.1 Å². The number of hydrogen-bond donors (Lipinski definition) is 2. The minimum Gasteiger partial charge on any atom is -0.396 e. The van der Waals surface area contributed by atoms with Crippen LogP contribution in [0.2, 0.25) is 0 Å². The Labute approximate surface area is 104 Å². The van der Waals surface area contributed by atoms with Crippen LogP contribution in [0.15, 0.2) is 0 Å². The van der Waals surface area contributed by atoms with Crippen LogP contribution >= 0.6 is 0 Å². The van der Waals surface area contributed by atoms with Gasteiger partial charge in [0.2, 0.25) is 5.91 Å². The molecule has 1 rings (SSSR count). The van der Waals surface area contributed by atoms with Crippen molar-refractivity contribution < 1.29 is 14.6 Å². The van der Waals surface area contributed by atoms with Crippen LogP contribution < -0.4 is 5.32 Å². The van der Waals surface area contributed by atoms with Crippen molar-refractivity contribution in [1.82, 2.24) is 5.32 Å². The van der Waals surface area contributed by atoms with E-state index in [1.54, 1.807) is 0 Å². The van der Waals surface area contributed by atoms with Gasteiger partial charge in [0, 0.05) is 12.0 Å². The normalized spacial score (nSPS) is 19.3. The maximum Gasteiger partial charge on any atom is 0.246 e. The standard InChI is InChI=1S/C13H25NO3/c1-12(2,3)17-8-11(16)14-9-13(10-15)6-4-5-7-13/h15H,4-10H2,1-3H3,(H,14,16). The third-order valence-corrected chi connectivity index (χ3v) is 3.30. The van der Waals surface area contributed by atoms with E-state index in [2.05, 4.69) is 5.32 Å². The van der Waals surface area contributed by atoms with Crippen LogP contribution in [0.1, 0.15) is 46.5 Å². The first-order valence-electron chi connectivity index (χ1n) is 6.38. The van der Waals surface area contributed by atoms with Crippen LogP contribution in [0.3, 0.4) is 0 Å². The molecule has 0 spiro atoms. The van der Waals surface area contributed by atoms with E-state index in [9.17, 15) is 9.90 Å². The number of carbonyl (C=O) groups excluding carboxylic acids is 1. The lowest BCUT2D eigenvalue weighted by Crippen LogP contribution is -2.40. The monoisotopic (exact) mass is 243 g/mol. The molecule has 0 unspecified atom stereocenters. The maximum absolute atomic E-state index is 11.6. The number of nitrogens with one attached hydrogen (secondary N) is 1. The Balaban J connectivity index is 2.27. The highest BCUT2D eigenvalue weighted by molar-refractivity contribution is 5.77. The second-order valence-electron chi connectivity index (χ2n) is 6.04. The molecular formula is C13H25NO3. The van der Waals surface area contributed by atoms with Crippen molar-refractivity contribution in [3.63, 3.8) is 0 Å². The lowest BCUT2D eigenvalue weighted by atomic mass is 9.87. The van der Waals surface area contributed by atoms with E-state index < -0.39 is 0 Å². The quantitative estimate of drug-likeness (QED) is 0.768. The minimum atomic E-state index is -0.292. The van der Waals surface area contributed by atoms with Gasteiger partial charge in [-0.25, -0.2) is 0 Å². The molecule has 0 aromatic rings. The van der Waals surface area contributed by atoms with Gasteiger partial charge in [0.05, 0.1) is 12.2 Å². The van der Waals surface area contributed by atoms with Gasteiger partial charge in [-0.15, -0.1) is 0 Å². The van der Waals surface area contributed by atoms with E-state index >= 15 is 0 Å². The number of hydrogen-bond acceptors (Lipinski definition) is 3. The van der Waals surface area contributed by atoms with Gasteiger partial charge in [-0.05, 0) is 33.6 Å². The Morgan fingerprint density at radius 3 is 2.41 bits per heavy atom. The number of carbonyl (C=O) groups is 1. The van der Waals surface area contributed by atoms with Gasteiger partial charge in [0.25, 0.3) is 0 Å².